The minimum absolute atomic E-state index is 0.0179. The van der Waals surface area contributed by atoms with Gasteiger partial charge in [0.2, 0.25) is 5.91 Å². The summed E-state index contributed by atoms with van der Waals surface area (Å²) < 4.78 is 5.20. The maximum Gasteiger partial charge on any atom is 0.417 e. The van der Waals surface area contributed by atoms with Crippen LogP contribution in [0.4, 0.5) is 11.4 Å². The van der Waals surface area contributed by atoms with Crippen LogP contribution < -0.4 is 10.7 Å². The second-order valence-corrected chi connectivity index (χ2v) is 5.15. The highest BCUT2D eigenvalue weighted by atomic mass is 16.4. The van der Waals surface area contributed by atoms with Crippen molar-refractivity contribution in [3.05, 3.63) is 58.1 Å². The molecule has 0 bridgehead atoms. The lowest BCUT2D eigenvalue weighted by atomic mass is 10.1. The lowest BCUT2D eigenvalue weighted by Gasteiger charge is -2.17. The van der Waals surface area contributed by atoms with Gasteiger partial charge in [0, 0.05) is 0 Å². The summed E-state index contributed by atoms with van der Waals surface area (Å²) in [5.74, 6) is -0.538. The Labute approximate surface area is 119 Å². The van der Waals surface area contributed by atoms with E-state index in [4.69, 9.17) is 4.42 Å². The summed E-state index contributed by atoms with van der Waals surface area (Å²) in [7, 11) is 0. The summed E-state index contributed by atoms with van der Waals surface area (Å²) in [5.41, 5.74) is 4.57. The Morgan fingerprint density at radius 2 is 1.86 bits per heavy atom. The van der Waals surface area contributed by atoms with E-state index in [1.807, 2.05) is 25.1 Å². The highest BCUT2D eigenvalue weighted by molar-refractivity contribution is 6.11. The van der Waals surface area contributed by atoms with E-state index >= 15 is 0 Å². The smallest absolute Gasteiger partial charge is 0.406 e. The Balaban J connectivity index is 2.00. The van der Waals surface area contributed by atoms with Gasteiger partial charge in [-0.1, -0.05) is 18.2 Å². The van der Waals surface area contributed by atoms with Gasteiger partial charge >= 0.3 is 5.76 Å². The summed E-state index contributed by atoms with van der Waals surface area (Å²) in [6, 6.07) is 11.2. The maximum absolute atomic E-state index is 12.4. The number of H-pyrrole nitrogens is 1. The highest BCUT2D eigenvalue weighted by Crippen LogP contribution is 2.39. The third-order valence-electron chi connectivity index (χ3n) is 3.87. The monoisotopic (exact) mass is 280 g/mol. The summed E-state index contributed by atoms with van der Waals surface area (Å²) in [6.45, 7) is 1.99. The fourth-order valence-corrected chi connectivity index (χ4v) is 2.89. The molecule has 1 N–H and O–H groups in total. The van der Waals surface area contributed by atoms with Crippen LogP contribution in [0.25, 0.3) is 11.1 Å². The van der Waals surface area contributed by atoms with Gasteiger partial charge in [-0.3, -0.25) is 14.7 Å². The van der Waals surface area contributed by atoms with Crippen molar-refractivity contribution in [2.24, 2.45) is 0 Å². The second-order valence-electron chi connectivity index (χ2n) is 5.15. The Morgan fingerprint density at radius 3 is 2.71 bits per heavy atom. The van der Waals surface area contributed by atoms with E-state index in [1.54, 1.807) is 23.1 Å². The molecule has 21 heavy (non-hydrogen) atoms. The van der Waals surface area contributed by atoms with Crippen LogP contribution in [0.2, 0.25) is 0 Å². The zero-order valence-corrected chi connectivity index (χ0v) is 11.3. The molecule has 1 amide bonds. The van der Waals surface area contributed by atoms with Crippen molar-refractivity contribution in [1.29, 1.82) is 0 Å². The minimum Gasteiger partial charge on any atom is -0.406 e. The first kappa shape index (κ1) is 12.0. The van der Waals surface area contributed by atoms with E-state index in [0.717, 1.165) is 16.8 Å². The summed E-state index contributed by atoms with van der Waals surface area (Å²) in [5, 5.41) is 0. The molecule has 0 radical (unpaired) electrons. The lowest BCUT2D eigenvalue weighted by Crippen LogP contribution is -2.20. The Morgan fingerprint density at radius 1 is 1.10 bits per heavy atom. The number of carbonyl (C=O) groups is 1. The van der Waals surface area contributed by atoms with Crippen molar-refractivity contribution in [2.75, 3.05) is 4.90 Å². The maximum atomic E-state index is 12.4. The first-order valence-electron chi connectivity index (χ1n) is 6.68. The van der Waals surface area contributed by atoms with Gasteiger partial charge in [0.25, 0.3) is 0 Å². The van der Waals surface area contributed by atoms with Gasteiger partial charge in [-0.15, -0.1) is 0 Å². The van der Waals surface area contributed by atoms with Gasteiger partial charge in [0.05, 0.1) is 23.3 Å². The number of rotatable bonds is 1. The van der Waals surface area contributed by atoms with Crippen LogP contribution in [-0.2, 0) is 11.2 Å². The average molecular weight is 280 g/mol. The van der Waals surface area contributed by atoms with E-state index in [2.05, 4.69) is 4.98 Å². The topological polar surface area (TPSA) is 66.3 Å². The fraction of sp³-hybridized carbons (Fsp3) is 0.125. The Bertz CT molecular complexity index is 936. The van der Waals surface area contributed by atoms with E-state index < -0.39 is 5.76 Å². The number of nitrogens with one attached hydrogen (secondary N) is 1. The van der Waals surface area contributed by atoms with Crippen molar-refractivity contribution in [3.8, 4) is 0 Å². The molecule has 0 saturated heterocycles. The number of nitrogens with zero attached hydrogens (tertiary/aromatic N) is 1. The molecule has 0 atom stereocenters. The van der Waals surface area contributed by atoms with Crippen LogP contribution in [0.1, 0.15) is 11.1 Å². The molecule has 5 nitrogen and oxygen atoms in total. The minimum atomic E-state index is -0.520. The Kier molecular flexibility index (Phi) is 2.33. The van der Waals surface area contributed by atoms with Crippen molar-refractivity contribution in [3.63, 3.8) is 0 Å². The molecule has 2 heterocycles. The van der Waals surface area contributed by atoms with Crippen LogP contribution in [0.15, 0.2) is 45.6 Å². The predicted octanol–water partition coefficient (Wildman–Crippen LogP) is 2.65. The molecule has 104 valence electrons. The van der Waals surface area contributed by atoms with Gasteiger partial charge in [-0.05, 0) is 36.2 Å². The molecule has 0 unspecified atom stereocenters. The van der Waals surface area contributed by atoms with E-state index in [1.165, 1.54) is 0 Å². The zero-order chi connectivity index (χ0) is 14.6. The van der Waals surface area contributed by atoms with Crippen molar-refractivity contribution >= 4 is 28.4 Å². The second kappa shape index (κ2) is 4.09. The van der Waals surface area contributed by atoms with Crippen LogP contribution in [-0.4, -0.2) is 10.9 Å². The molecular weight excluding hydrogens is 268 g/mol. The van der Waals surface area contributed by atoms with Crippen molar-refractivity contribution in [1.82, 2.24) is 4.98 Å². The number of aromatic amines is 1. The first-order valence-corrected chi connectivity index (χ1v) is 6.68. The van der Waals surface area contributed by atoms with Crippen LogP contribution in [0.5, 0.6) is 0 Å². The van der Waals surface area contributed by atoms with Gasteiger partial charge in [0.15, 0.2) is 5.58 Å². The normalized spacial score (nSPS) is 14.0. The number of aryl methyl sites for hydroxylation is 1. The van der Waals surface area contributed by atoms with Crippen LogP contribution in [0, 0.1) is 6.92 Å². The van der Waals surface area contributed by atoms with E-state index in [-0.39, 0.29) is 5.91 Å². The number of anilines is 2. The summed E-state index contributed by atoms with van der Waals surface area (Å²) in [6.07, 6.45) is 0.368. The molecule has 1 aromatic heterocycles. The van der Waals surface area contributed by atoms with Gasteiger partial charge in [-0.25, -0.2) is 4.79 Å². The highest BCUT2D eigenvalue weighted by Gasteiger charge is 2.31. The number of amides is 1. The number of fused-ring (bicyclic) bond motifs is 2. The number of para-hydroxylation sites is 1. The van der Waals surface area contributed by atoms with Crippen molar-refractivity contribution < 1.29 is 9.21 Å². The molecule has 4 rings (SSSR count). The largest absolute Gasteiger partial charge is 0.417 e. The standard InChI is InChI=1S/C16H12N2O3/c1-9-4-2-6-12-10(9)8-14(19)18(12)13-7-3-5-11-15(13)21-16(20)17-11/h2-7H,8H2,1H3,(H,17,20). The van der Waals surface area contributed by atoms with Gasteiger partial charge < -0.3 is 4.42 Å². The summed E-state index contributed by atoms with van der Waals surface area (Å²) in [4.78, 5) is 28.1. The number of oxazole rings is 1. The molecule has 0 saturated carbocycles. The van der Waals surface area contributed by atoms with Crippen LogP contribution >= 0.6 is 0 Å². The third-order valence-corrected chi connectivity index (χ3v) is 3.87. The average Bonchev–Trinajstić information content (AvgIpc) is 2.98. The molecule has 1 aliphatic rings. The molecule has 2 aromatic carbocycles. The molecular formula is C16H12N2O3. The quantitative estimate of drug-likeness (QED) is 0.745. The number of benzene rings is 2. The fourth-order valence-electron chi connectivity index (χ4n) is 2.89. The third kappa shape index (κ3) is 1.64. The SMILES string of the molecule is Cc1cccc2c1CC(=O)N2c1cccc2[nH]c(=O)oc12. The van der Waals surface area contributed by atoms with Gasteiger partial charge in [0.1, 0.15) is 0 Å². The molecule has 0 fully saturated rings. The lowest BCUT2D eigenvalue weighted by molar-refractivity contribution is -0.116. The zero-order valence-electron chi connectivity index (χ0n) is 11.3. The summed E-state index contributed by atoms with van der Waals surface area (Å²) >= 11 is 0. The number of carbonyl (C=O) groups excluding carboxylic acids is 1. The van der Waals surface area contributed by atoms with Crippen LogP contribution in [0.3, 0.4) is 0 Å². The molecule has 5 heteroatoms. The van der Waals surface area contributed by atoms with Crippen molar-refractivity contribution in [2.45, 2.75) is 13.3 Å². The van der Waals surface area contributed by atoms with Gasteiger partial charge in [-0.2, -0.15) is 0 Å². The predicted molar refractivity (Wildman–Crippen MR) is 78.9 cm³/mol. The molecule has 1 aliphatic heterocycles. The van der Waals surface area contributed by atoms with E-state index in [0.29, 0.717) is 23.2 Å². The number of aromatic nitrogens is 1. The Hall–Kier alpha value is -2.82. The van der Waals surface area contributed by atoms with E-state index in [9.17, 15) is 9.59 Å². The molecule has 3 aromatic rings. The number of hydrogen-bond donors (Lipinski definition) is 1. The molecule has 0 aliphatic carbocycles. The molecule has 0 spiro atoms. The number of hydrogen-bond acceptors (Lipinski definition) is 3. The first-order chi connectivity index (χ1) is 10.1.